The Balaban J connectivity index is 2.37. The van der Waals surface area contributed by atoms with E-state index in [1.54, 1.807) is 0 Å². The van der Waals surface area contributed by atoms with Gasteiger partial charge in [0.1, 0.15) is 5.52 Å². The van der Waals surface area contributed by atoms with Gasteiger partial charge >= 0.3 is 0 Å². The van der Waals surface area contributed by atoms with Gasteiger partial charge in [-0.1, -0.05) is 11.6 Å². The van der Waals surface area contributed by atoms with Crippen LogP contribution >= 0.6 is 27.5 Å². The first kappa shape index (κ1) is 9.67. The maximum atomic E-state index is 6.08. The normalized spacial score (nSPS) is 16.2. The third-order valence-electron chi connectivity index (χ3n) is 2.91. The molecule has 0 saturated heterocycles. The molecule has 78 valence electrons. The van der Waals surface area contributed by atoms with Crippen LogP contribution in [0.15, 0.2) is 22.8 Å². The summed E-state index contributed by atoms with van der Waals surface area (Å²) in [4.78, 5) is 0. The number of rotatable bonds is 1. The summed E-state index contributed by atoms with van der Waals surface area (Å²) in [5.41, 5.74) is 1.26. The molecular weight excluding hydrogens is 275 g/mol. The summed E-state index contributed by atoms with van der Waals surface area (Å²) in [5, 5.41) is 1.97. The van der Waals surface area contributed by atoms with Crippen molar-refractivity contribution in [1.29, 1.82) is 0 Å². The Morgan fingerprint density at radius 3 is 2.87 bits per heavy atom. The zero-order valence-corrected chi connectivity index (χ0v) is 10.7. The quantitative estimate of drug-likeness (QED) is 0.712. The number of aryl methyl sites for hydroxylation is 1. The van der Waals surface area contributed by atoms with E-state index in [1.807, 2.05) is 6.07 Å². The van der Waals surface area contributed by atoms with E-state index in [0.717, 1.165) is 9.50 Å². The van der Waals surface area contributed by atoms with Crippen molar-refractivity contribution in [1.82, 2.24) is 4.68 Å². The van der Waals surface area contributed by atoms with Gasteiger partial charge in [-0.15, -0.1) is 4.68 Å². The molecule has 1 fully saturated rings. The second-order valence-electron chi connectivity index (χ2n) is 4.07. The van der Waals surface area contributed by atoms with E-state index in [9.17, 15) is 0 Å². The largest absolute Gasteiger partial charge is 0.204 e. The van der Waals surface area contributed by atoms with Crippen molar-refractivity contribution in [3.8, 4) is 0 Å². The van der Waals surface area contributed by atoms with E-state index in [2.05, 4.69) is 44.6 Å². The molecule has 2 aromatic rings. The molecule has 0 spiro atoms. The summed E-state index contributed by atoms with van der Waals surface area (Å²) < 4.78 is 5.50. The van der Waals surface area contributed by atoms with Crippen LogP contribution < -0.4 is 4.68 Å². The van der Waals surface area contributed by atoms with Crippen LogP contribution in [0.25, 0.3) is 10.9 Å². The zero-order chi connectivity index (χ0) is 10.6. The van der Waals surface area contributed by atoms with Crippen LogP contribution in [0.5, 0.6) is 0 Å². The third-order valence-corrected chi connectivity index (χ3v) is 4.30. The Bertz CT molecular complexity index is 543. The summed E-state index contributed by atoms with van der Waals surface area (Å²) >= 11 is 9.62. The van der Waals surface area contributed by atoms with E-state index in [1.165, 1.54) is 23.7 Å². The first-order chi connectivity index (χ1) is 7.18. The smallest absolute Gasteiger partial charge is 0.150 e. The number of hydrogen-bond acceptors (Lipinski definition) is 0. The Hall–Kier alpha value is -0.540. The standard InChI is InChI=1S/C11H11BrClN2/c1-14-6-8-10(15(14)7-2-3-7)5-4-9(13)11(8)12/h4-7H,2-3H2,1H3/q+1. The zero-order valence-electron chi connectivity index (χ0n) is 8.37. The molecule has 0 bridgehead atoms. The monoisotopic (exact) mass is 285 g/mol. The van der Waals surface area contributed by atoms with Crippen molar-refractivity contribution >= 4 is 38.4 Å². The second-order valence-corrected chi connectivity index (χ2v) is 5.27. The van der Waals surface area contributed by atoms with E-state index >= 15 is 0 Å². The third kappa shape index (κ3) is 1.41. The molecule has 1 saturated carbocycles. The molecule has 0 radical (unpaired) electrons. The highest BCUT2D eigenvalue weighted by atomic mass is 79.9. The molecule has 0 atom stereocenters. The van der Waals surface area contributed by atoms with Gasteiger partial charge in [0.15, 0.2) is 7.05 Å². The van der Waals surface area contributed by atoms with Gasteiger partial charge < -0.3 is 0 Å². The number of hydrogen-bond donors (Lipinski definition) is 0. The maximum Gasteiger partial charge on any atom is 0.204 e. The van der Waals surface area contributed by atoms with Gasteiger partial charge in [0, 0.05) is 0 Å². The molecule has 4 heteroatoms. The summed E-state index contributed by atoms with van der Waals surface area (Å²) in [6.07, 6.45) is 4.71. The van der Waals surface area contributed by atoms with Gasteiger partial charge in [-0.3, -0.25) is 0 Å². The maximum absolute atomic E-state index is 6.08. The van der Waals surface area contributed by atoms with Crippen LogP contribution in [-0.2, 0) is 7.05 Å². The fourth-order valence-electron chi connectivity index (χ4n) is 2.07. The number of benzene rings is 1. The van der Waals surface area contributed by atoms with Gasteiger partial charge in [0.25, 0.3) is 0 Å². The van der Waals surface area contributed by atoms with Crippen LogP contribution in [0.3, 0.4) is 0 Å². The number of nitrogens with zero attached hydrogens (tertiary/aromatic N) is 2. The van der Waals surface area contributed by atoms with Crippen LogP contribution in [0, 0.1) is 0 Å². The minimum Gasteiger partial charge on any atom is -0.150 e. The van der Waals surface area contributed by atoms with Crippen molar-refractivity contribution in [2.24, 2.45) is 7.05 Å². The minimum absolute atomic E-state index is 0.681. The highest BCUT2D eigenvalue weighted by Gasteiger charge is 2.31. The molecule has 1 aromatic carbocycles. The minimum atomic E-state index is 0.681. The van der Waals surface area contributed by atoms with E-state index in [-0.39, 0.29) is 0 Å². The molecule has 1 aliphatic carbocycles. The van der Waals surface area contributed by atoms with Crippen molar-refractivity contribution in [2.45, 2.75) is 18.9 Å². The molecule has 1 heterocycles. The number of halogens is 2. The van der Waals surface area contributed by atoms with Crippen LogP contribution in [0.2, 0.25) is 5.02 Å². The molecule has 0 N–H and O–H groups in total. The van der Waals surface area contributed by atoms with Crippen LogP contribution in [-0.4, -0.2) is 4.68 Å². The Morgan fingerprint density at radius 2 is 2.20 bits per heavy atom. The van der Waals surface area contributed by atoms with Crippen molar-refractivity contribution in [2.75, 3.05) is 0 Å². The van der Waals surface area contributed by atoms with Gasteiger partial charge in [-0.25, -0.2) is 0 Å². The number of fused-ring (bicyclic) bond motifs is 1. The lowest BCUT2D eigenvalue weighted by atomic mass is 10.2. The molecule has 2 nitrogen and oxygen atoms in total. The second kappa shape index (κ2) is 3.22. The lowest BCUT2D eigenvalue weighted by Crippen LogP contribution is -2.37. The number of aromatic nitrogens is 2. The SMILES string of the molecule is C[n+]1cc2c(Br)c(Cl)ccc2n1C1CC1. The first-order valence-electron chi connectivity index (χ1n) is 5.03. The fraction of sp³-hybridized carbons (Fsp3) is 0.364. The van der Waals surface area contributed by atoms with E-state index < -0.39 is 0 Å². The Morgan fingerprint density at radius 1 is 1.47 bits per heavy atom. The highest BCUT2D eigenvalue weighted by molar-refractivity contribution is 9.10. The summed E-state index contributed by atoms with van der Waals surface area (Å²) in [7, 11) is 2.08. The highest BCUT2D eigenvalue weighted by Crippen LogP contribution is 2.38. The van der Waals surface area contributed by atoms with Gasteiger partial charge in [0.2, 0.25) is 6.20 Å². The molecule has 1 aliphatic rings. The van der Waals surface area contributed by atoms with Gasteiger partial charge in [-0.05, 0) is 40.9 Å². The fourth-order valence-corrected chi connectivity index (χ4v) is 2.67. The molecule has 0 unspecified atom stereocenters. The molecule has 0 amide bonds. The summed E-state index contributed by atoms with van der Waals surface area (Å²) in [6.45, 7) is 0. The summed E-state index contributed by atoms with van der Waals surface area (Å²) in [5.74, 6) is 0. The Labute approximate surface area is 102 Å². The topological polar surface area (TPSA) is 8.81 Å². The average molecular weight is 287 g/mol. The van der Waals surface area contributed by atoms with Gasteiger partial charge in [-0.2, -0.15) is 4.68 Å². The summed E-state index contributed by atoms with van der Waals surface area (Å²) in [6, 6.07) is 4.73. The van der Waals surface area contributed by atoms with Gasteiger partial charge in [0.05, 0.1) is 20.9 Å². The lowest BCUT2D eigenvalue weighted by Gasteiger charge is -1.99. The molecule has 0 aliphatic heterocycles. The predicted octanol–water partition coefficient (Wildman–Crippen LogP) is 3.22. The average Bonchev–Trinajstić information content (AvgIpc) is 2.97. The van der Waals surface area contributed by atoms with E-state index in [0.29, 0.717) is 6.04 Å². The van der Waals surface area contributed by atoms with E-state index in [4.69, 9.17) is 11.6 Å². The lowest BCUT2D eigenvalue weighted by molar-refractivity contribution is -0.751. The van der Waals surface area contributed by atoms with Crippen LogP contribution in [0.1, 0.15) is 18.9 Å². The van der Waals surface area contributed by atoms with Crippen molar-refractivity contribution in [3.05, 3.63) is 27.8 Å². The Kier molecular flexibility index (Phi) is 2.08. The predicted molar refractivity (Wildman–Crippen MR) is 64.1 cm³/mol. The molecule has 3 rings (SSSR count). The first-order valence-corrected chi connectivity index (χ1v) is 6.20. The molecule has 1 aromatic heterocycles. The van der Waals surface area contributed by atoms with Crippen molar-refractivity contribution in [3.63, 3.8) is 0 Å². The molecule has 15 heavy (non-hydrogen) atoms. The molecular formula is C11H11BrClN2+. The van der Waals surface area contributed by atoms with Crippen molar-refractivity contribution < 1.29 is 4.68 Å². The van der Waals surface area contributed by atoms with Crippen LogP contribution in [0.4, 0.5) is 0 Å².